The third-order valence-electron chi connectivity index (χ3n) is 10.3. The Balaban J connectivity index is 1.40. The largest absolute Gasteiger partial charge is 0.462 e. The normalized spacial score (nSPS) is 47.6. The monoisotopic (exact) mass is 459 g/mol. The van der Waals surface area contributed by atoms with Crippen molar-refractivity contribution in [3.63, 3.8) is 0 Å². The van der Waals surface area contributed by atoms with Gasteiger partial charge < -0.3 is 19.9 Å². The molecule has 4 fully saturated rings. The van der Waals surface area contributed by atoms with E-state index in [0.29, 0.717) is 17.8 Å². The molecule has 5 rings (SSSR count). The first kappa shape index (κ1) is 22.9. The van der Waals surface area contributed by atoms with Gasteiger partial charge in [0.15, 0.2) is 0 Å². The van der Waals surface area contributed by atoms with Crippen molar-refractivity contribution in [3.05, 3.63) is 11.6 Å². The highest BCUT2D eigenvalue weighted by Crippen LogP contribution is 2.75. The average Bonchev–Trinajstić information content (AvgIpc) is 3.33. The molecule has 0 radical (unpaired) electrons. The SMILES string of the molecule is CC(=O)OC[C@@]1(C(N)=O)O[C@@]12CC[C@H]1[C@H]3CC=C4C[C@@H](OC(C)=O)CC[C@]4(C)[C@@H]3CC[C@@]12C. The molecule has 0 aromatic rings. The van der Waals surface area contributed by atoms with Crippen LogP contribution in [-0.4, -0.2) is 41.8 Å². The highest BCUT2D eigenvalue weighted by Gasteiger charge is 2.84. The number of epoxide rings is 1. The smallest absolute Gasteiger partial charge is 0.302 e. The van der Waals surface area contributed by atoms with Crippen molar-refractivity contribution in [3.8, 4) is 0 Å². The molecule has 7 heteroatoms. The molecule has 2 N–H and O–H groups in total. The summed E-state index contributed by atoms with van der Waals surface area (Å²) in [6.45, 7) is 7.43. The van der Waals surface area contributed by atoms with Gasteiger partial charge in [-0.2, -0.15) is 0 Å². The summed E-state index contributed by atoms with van der Waals surface area (Å²) in [7, 11) is 0. The summed E-state index contributed by atoms with van der Waals surface area (Å²) in [5.74, 6) is 0.417. The lowest BCUT2D eigenvalue weighted by molar-refractivity contribution is -0.148. The molecule has 1 saturated heterocycles. The van der Waals surface area contributed by atoms with Gasteiger partial charge >= 0.3 is 11.9 Å². The highest BCUT2D eigenvalue weighted by molar-refractivity contribution is 5.89. The molecule has 4 aliphatic carbocycles. The summed E-state index contributed by atoms with van der Waals surface area (Å²) in [6.07, 6.45) is 10.1. The van der Waals surface area contributed by atoms with Gasteiger partial charge in [-0.25, -0.2) is 0 Å². The number of hydrogen-bond acceptors (Lipinski definition) is 6. The van der Waals surface area contributed by atoms with Crippen LogP contribution in [0.15, 0.2) is 11.6 Å². The molecule has 33 heavy (non-hydrogen) atoms. The third-order valence-corrected chi connectivity index (χ3v) is 10.3. The van der Waals surface area contributed by atoms with E-state index in [4.69, 9.17) is 19.9 Å². The van der Waals surface area contributed by atoms with Gasteiger partial charge in [-0.3, -0.25) is 14.4 Å². The fraction of sp³-hybridized carbons (Fsp3) is 0.808. The number of carbonyl (C=O) groups excluding carboxylic acids is 3. The Morgan fingerprint density at radius 3 is 2.45 bits per heavy atom. The van der Waals surface area contributed by atoms with Crippen molar-refractivity contribution in [1.29, 1.82) is 0 Å². The molecule has 1 amide bonds. The molecule has 0 aromatic heterocycles. The Hall–Kier alpha value is -1.89. The maximum atomic E-state index is 12.6. The van der Waals surface area contributed by atoms with Gasteiger partial charge in [0, 0.05) is 25.7 Å². The van der Waals surface area contributed by atoms with Gasteiger partial charge in [-0.05, 0) is 68.1 Å². The number of fused-ring (bicyclic) bond motifs is 6. The number of esters is 2. The first-order valence-corrected chi connectivity index (χ1v) is 12.5. The van der Waals surface area contributed by atoms with Gasteiger partial charge in [0.25, 0.3) is 5.91 Å². The molecule has 8 atom stereocenters. The van der Waals surface area contributed by atoms with Crippen LogP contribution in [0.3, 0.4) is 0 Å². The molecule has 0 bridgehead atoms. The lowest BCUT2D eigenvalue weighted by Crippen LogP contribution is -2.55. The van der Waals surface area contributed by atoms with Crippen LogP contribution < -0.4 is 5.73 Å². The highest BCUT2D eigenvalue weighted by atomic mass is 16.7. The molecule has 3 saturated carbocycles. The number of rotatable bonds is 4. The molecule has 1 spiro atoms. The molecule has 0 aromatic carbocycles. The fourth-order valence-corrected chi connectivity index (χ4v) is 8.73. The minimum atomic E-state index is -1.20. The zero-order valence-electron chi connectivity index (χ0n) is 20.3. The van der Waals surface area contributed by atoms with E-state index in [0.717, 1.165) is 51.4 Å². The van der Waals surface area contributed by atoms with E-state index >= 15 is 0 Å². The number of nitrogens with two attached hydrogens (primary N) is 1. The second-order valence-corrected chi connectivity index (χ2v) is 11.6. The Kier molecular flexibility index (Phi) is 5.06. The number of primary amides is 1. The van der Waals surface area contributed by atoms with E-state index in [2.05, 4.69) is 19.9 Å². The van der Waals surface area contributed by atoms with Crippen molar-refractivity contribution in [1.82, 2.24) is 0 Å². The maximum absolute atomic E-state index is 12.6. The van der Waals surface area contributed by atoms with E-state index in [-0.39, 0.29) is 29.5 Å². The van der Waals surface area contributed by atoms with Crippen LogP contribution in [0.4, 0.5) is 0 Å². The van der Waals surface area contributed by atoms with Gasteiger partial charge in [0.1, 0.15) is 18.3 Å². The molecule has 1 heterocycles. The van der Waals surface area contributed by atoms with Gasteiger partial charge in [-0.1, -0.05) is 25.5 Å². The van der Waals surface area contributed by atoms with Crippen LogP contribution in [0.25, 0.3) is 0 Å². The van der Waals surface area contributed by atoms with Crippen molar-refractivity contribution in [2.75, 3.05) is 6.61 Å². The Morgan fingerprint density at radius 2 is 1.79 bits per heavy atom. The summed E-state index contributed by atoms with van der Waals surface area (Å²) >= 11 is 0. The lowest BCUT2D eigenvalue weighted by Gasteiger charge is -2.58. The van der Waals surface area contributed by atoms with Gasteiger partial charge in [0.05, 0.1) is 0 Å². The topological polar surface area (TPSA) is 108 Å². The number of carbonyl (C=O) groups is 3. The van der Waals surface area contributed by atoms with Crippen LogP contribution in [0.1, 0.15) is 79.1 Å². The number of ether oxygens (including phenoxy) is 3. The van der Waals surface area contributed by atoms with E-state index in [1.54, 1.807) is 0 Å². The molecule has 1 aliphatic heterocycles. The van der Waals surface area contributed by atoms with Crippen molar-refractivity contribution < 1.29 is 28.6 Å². The summed E-state index contributed by atoms with van der Waals surface area (Å²) in [5.41, 5.74) is 5.44. The van der Waals surface area contributed by atoms with Crippen LogP contribution in [0.2, 0.25) is 0 Å². The molecule has 5 aliphatic rings. The average molecular weight is 460 g/mol. The van der Waals surface area contributed by atoms with E-state index < -0.39 is 23.1 Å². The van der Waals surface area contributed by atoms with Crippen LogP contribution in [-0.2, 0) is 28.6 Å². The minimum Gasteiger partial charge on any atom is -0.462 e. The number of allylic oxidation sites excluding steroid dienone is 1. The summed E-state index contributed by atoms with van der Waals surface area (Å²) in [6, 6.07) is 0. The van der Waals surface area contributed by atoms with E-state index in [9.17, 15) is 14.4 Å². The number of hydrogen-bond donors (Lipinski definition) is 1. The summed E-state index contributed by atoms with van der Waals surface area (Å²) in [4.78, 5) is 35.5. The van der Waals surface area contributed by atoms with E-state index in [1.807, 2.05) is 0 Å². The maximum Gasteiger partial charge on any atom is 0.302 e. The first-order chi connectivity index (χ1) is 15.5. The Labute approximate surface area is 195 Å². The Morgan fingerprint density at radius 1 is 1.06 bits per heavy atom. The second kappa shape index (κ2) is 7.30. The molecular weight excluding hydrogens is 422 g/mol. The minimum absolute atomic E-state index is 0.000644. The molecule has 7 nitrogen and oxygen atoms in total. The van der Waals surface area contributed by atoms with Gasteiger partial charge in [0.2, 0.25) is 5.60 Å². The second-order valence-electron chi connectivity index (χ2n) is 11.6. The molecule has 0 unspecified atom stereocenters. The summed E-state index contributed by atoms with van der Waals surface area (Å²) in [5, 5.41) is 0. The summed E-state index contributed by atoms with van der Waals surface area (Å²) < 4.78 is 17.1. The van der Waals surface area contributed by atoms with Crippen molar-refractivity contribution in [2.24, 2.45) is 34.3 Å². The predicted octanol–water partition coefficient (Wildman–Crippen LogP) is 3.44. The third kappa shape index (κ3) is 3.00. The van der Waals surface area contributed by atoms with Crippen LogP contribution >= 0.6 is 0 Å². The molecular formula is C26H37NO6. The lowest BCUT2D eigenvalue weighted by atomic mass is 9.47. The van der Waals surface area contributed by atoms with Crippen molar-refractivity contribution >= 4 is 17.8 Å². The van der Waals surface area contributed by atoms with Crippen LogP contribution in [0, 0.1) is 28.6 Å². The first-order valence-electron chi connectivity index (χ1n) is 12.5. The number of amides is 1. The van der Waals surface area contributed by atoms with Crippen LogP contribution in [0.5, 0.6) is 0 Å². The standard InChI is InChI=1S/C26H37NO6/c1-15(28)31-14-25(22(27)30)26(33-25)12-9-21-19-6-5-17-13-18(32-16(2)29)7-10-23(17,3)20(19)8-11-24(21,26)4/h5,18-21H,6-14H2,1-4H3,(H2,27,30)/t18-,19-,20+,21-,23-,24-,25-,26+/m0/s1. The quantitative estimate of drug-likeness (QED) is 0.392. The van der Waals surface area contributed by atoms with Crippen molar-refractivity contribution in [2.45, 2.75) is 96.4 Å². The predicted molar refractivity (Wildman–Crippen MR) is 120 cm³/mol. The molecule has 182 valence electrons. The van der Waals surface area contributed by atoms with E-state index in [1.165, 1.54) is 19.4 Å². The zero-order chi connectivity index (χ0) is 23.8. The Bertz CT molecular complexity index is 930. The van der Waals surface area contributed by atoms with Gasteiger partial charge in [-0.15, -0.1) is 0 Å². The zero-order valence-corrected chi connectivity index (χ0v) is 20.3. The fourth-order valence-electron chi connectivity index (χ4n) is 8.73.